The minimum atomic E-state index is -0.929. The molecule has 1 aliphatic rings. The molecule has 0 aliphatic carbocycles. The van der Waals surface area contributed by atoms with Crippen LogP contribution in [-0.4, -0.2) is 26.2 Å². The minimum absolute atomic E-state index is 0.000494. The number of nitriles is 1. The summed E-state index contributed by atoms with van der Waals surface area (Å²) >= 11 is 0. The van der Waals surface area contributed by atoms with Gasteiger partial charge in [0.2, 0.25) is 0 Å². The summed E-state index contributed by atoms with van der Waals surface area (Å²) in [6.07, 6.45) is 0. The average molecular weight is 506 g/mol. The van der Waals surface area contributed by atoms with Crippen LogP contribution in [0.15, 0.2) is 112 Å². The highest BCUT2D eigenvalue weighted by Crippen LogP contribution is 2.44. The summed E-state index contributed by atoms with van der Waals surface area (Å²) in [5.41, 5.74) is 9.08. The molecule has 3 aromatic carbocycles. The first-order valence-corrected chi connectivity index (χ1v) is 11.7. The zero-order chi connectivity index (χ0) is 26.8. The Kier molecular flexibility index (Phi) is 6.42. The van der Waals surface area contributed by atoms with E-state index in [4.69, 9.17) is 19.6 Å². The van der Waals surface area contributed by atoms with Gasteiger partial charge in [-0.2, -0.15) is 5.26 Å². The van der Waals surface area contributed by atoms with Crippen molar-refractivity contribution in [1.82, 2.24) is 0 Å². The van der Waals surface area contributed by atoms with Crippen molar-refractivity contribution >= 4 is 28.6 Å². The second-order valence-electron chi connectivity index (χ2n) is 8.53. The average Bonchev–Trinajstić information content (AvgIpc) is 3.40. The maximum Gasteiger partial charge on any atom is 0.355 e. The fourth-order valence-corrected chi connectivity index (χ4v) is 4.70. The van der Waals surface area contributed by atoms with E-state index in [1.165, 1.54) is 19.1 Å². The van der Waals surface area contributed by atoms with Crippen molar-refractivity contribution in [3.8, 4) is 17.4 Å². The number of anilines is 1. The molecule has 1 aliphatic heterocycles. The van der Waals surface area contributed by atoms with Gasteiger partial charge in [0.15, 0.2) is 0 Å². The summed E-state index contributed by atoms with van der Waals surface area (Å²) in [5.74, 6) is -1.84. The lowest BCUT2D eigenvalue weighted by Crippen LogP contribution is -2.40. The van der Waals surface area contributed by atoms with Gasteiger partial charge < -0.3 is 19.6 Å². The van der Waals surface area contributed by atoms with Crippen LogP contribution in [0.1, 0.15) is 11.5 Å². The van der Waals surface area contributed by atoms with E-state index in [2.05, 4.69) is 6.07 Å². The molecule has 188 valence electrons. The van der Waals surface area contributed by atoms with Gasteiger partial charge in [0, 0.05) is 16.6 Å². The summed E-state index contributed by atoms with van der Waals surface area (Å²) < 4.78 is 16.2. The molecule has 8 heteroatoms. The van der Waals surface area contributed by atoms with E-state index in [1.807, 2.05) is 42.5 Å². The maximum absolute atomic E-state index is 13.2. The Labute approximate surface area is 218 Å². The molecule has 2 N–H and O–H groups in total. The van der Waals surface area contributed by atoms with E-state index < -0.39 is 17.9 Å². The molecule has 4 aromatic rings. The number of fused-ring (bicyclic) bond motifs is 1. The van der Waals surface area contributed by atoms with Crippen molar-refractivity contribution in [1.29, 1.82) is 5.26 Å². The topological polar surface area (TPSA) is 119 Å². The fourth-order valence-electron chi connectivity index (χ4n) is 4.70. The number of hydrogen-bond donors (Lipinski definition) is 1. The molecular weight excluding hydrogens is 482 g/mol. The molecule has 0 fully saturated rings. The van der Waals surface area contributed by atoms with E-state index in [-0.39, 0.29) is 22.7 Å². The van der Waals surface area contributed by atoms with Gasteiger partial charge in [-0.25, -0.2) is 9.59 Å². The third-order valence-electron chi connectivity index (χ3n) is 6.43. The molecule has 0 amide bonds. The minimum Gasteiger partial charge on any atom is -0.466 e. The monoisotopic (exact) mass is 505 g/mol. The molecule has 8 nitrogen and oxygen atoms in total. The van der Waals surface area contributed by atoms with Crippen LogP contribution in [0, 0.1) is 11.3 Å². The number of allylic oxidation sites excluding steroid dienone is 1. The number of furan rings is 1. The fraction of sp³-hybridized carbons (Fsp3) is 0.100. The number of nitrogens with two attached hydrogens (primary N) is 1. The number of nitrogens with zero attached hydrogens (tertiary/aromatic N) is 2. The van der Waals surface area contributed by atoms with Gasteiger partial charge in [-0.15, -0.1) is 0 Å². The lowest BCUT2D eigenvalue weighted by molar-refractivity contribution is -0.139. The molecular formula is C30H23N3O5. The Bertz CT molecular complexity index is 1650. The summed E-state index contributed by atoms with van der Waals surface area (Å²) in [6.45, 7) is 0. The molecule has 1 unspecified atom stereocenters. The Balaban J connectivity index is 1.75. The number of benzene rings is 3. The van der Waals surface area contributed by atoms with E-state index in [0.717, 1.165) is 10.9 Å². The zero-order valence-corrected chi connectivity index (χ0v) is 20.7. The van der Waals surface area contributed by atoms with E-state index in [9.17, 15) is 14.9 Å². The van der Waals surface area contributed by atoms with Crippen molar-refractivity contribution in [3.05, 3.63) is 113 Å². The van der Waals surface area contributed by atoms with Crippen molar-refractivity contribution in [2.24, 2.45) is 5.73 Å². The first kappa shape index (κ1) is 24.4. The summed E-state index contributed by atoms with van der Waals surface area (Å²) in [5, 5.41) is 10.9. The van der Waals surface area contributed by atoms with Crippen LogP contribution in [0.3, 0.4) is 0 Å². The van der Waals surface area contributed by atoms with Gasteiger partial charge in [0.05, 0.1) is 37.4 Å². The molecule has 38 heavy (non-hydrogen) atoms. The SMILES string of the molecule is COC(=O)C1=C(C(=O)OC)N(c2ccc3oc(-c4ccccc4)cc3c2)C(N)=C(C#N)C1c1ccccc1. The Morgan fingerprint density at radius 2 is 1.58 bits per heavy atom. The Morgan fingerprint density at radius 1 is 0.921 bits per heavy atom. The lowest BCUT2D eigenvalue weighted by Gasteiger charge is -2.35. The second-order valence-corrected chi connectivity index (χ2v) is 8.53. The first-order valence-electron chi connectivity index (χ1n) is 11.7. The Morgan fingerprint density at radius 3 is 2.21 bits per heavy atom. The number of rotatable bonds is 5. The number of ether oxygens (including phenoxy) is 2. The molecule has 0 saturated heterocycles. The highest BCUT2D eigenvalue weighted by atomic mass is 16.5. The zero-order valence-electron chi connectivity index (χ0n) is 20.7. The van der Waals surface area contributed by atoms with E-state index in [1.54, 1.807) is 42.5 Å². The van der Waals surface area contributed by atoms with Crippen molar-refractivity contribution in [3.63, 3.8) is 0 Å². The smallest absolute Gasteiger partial charge is 0.355 e. The van der Waals surface area contributed by atoms with Crippen molar-refractivity contribution < 1.29 is 23.5 Å². The molecule has 1 atom stereocenters. The standard InChI is InChI=1S/C30H23N3O5/c1-36-29(34)26-25(19-11-7-4-8-12-19)22(17-31)28(32)33(27(26)30(35)37-2)21-13-14-23-20(15-21)16-24(38-23)18-9-5-3-6-10-18/h3-16,25H,32H2,1-2H3. The van der Waals surface area contributed by atoms with Gasteiger partial charge in [-0.05, 0) is 29.8 Å². The third kappa shape index (κ3) is 4.06. The summed E-state index contributed by atoms with van der Waals surface area (Å²) in [4.78, 5) is 27.8. The summed E-state index contributed by atoms with van der Waals surface area (Å²) in [7, 11) is 2.43. The molecule has 0 bridgehead atoms. The van der Waals surface area contributed by atoms with Gasteiger partial charge >= 0.3 is 11.9 Å². The van der Waals surface area contributed by atoms with Crippen molar-refractivity contribution in [2.75, 3.05) is 19.1 Å². The highest BCUT2D eigenvalue weighted by Gasteiger charge is 2.43. The predicted molar refractivity (Wildman–Crippen MR) is 141 cm³/mol. The van der Waals surface area contributed by atoms with Crippen LogP contribution in [-0.2, 0) is 19.1 Å². The first-order chi connectivity index (χ1) is 18.5. The molecule has 1 aromatic heterocycles. The molecule has 0 saturated carbocycles. The number of esters is 2. The second kappa shape index (κ2) is 9.99. The molecule has 5 rings (SSSR count). The largest absolute Gasteiger partial charge is 0.466 e. The normalized spacial score (nSPS) is 15.4. The van der Waals surface area contributed by atoms with Gasteiger partial charge in [-0.3, -0.25) is 4.90 Å². The van der Waals surface area contributed by atoms with E-state index in [0.29, 0.717) is 22.6 Å². The van der Waals surface area contributed by atoms with Gasteiger partial charge in [0.25, 0.3) is 0 Å². The number of methoxy groups -OCH3 is 2. The third-order valence-corrected chi connectivity index (χ3v) is 6.43. The number of carbonyl (C=O) groups excluding carboxylic acids is 2. The van der Waals surface area contributed by atoms with E-state index >= 15 is 0 Å². The van der Waals surface area contributed by atoms with Crippen molar-refractivity contribution in [2.45, 2.75) is 5.92 Å². The van der Waals surface area contributed by atoms with Gasteiger partial charge in [-0.1, -0.05) is 60.7 Å². The van der Waals surface area contributed by atoms with Crippen LogP contribution < -0.4 is 10.6 Å². The molecule has 2 heterocycles. The number of carbonyl (C=O) groups is 2. The van der Waals surface area contributed by atoms with Crippen LogP contribution in [0.25, 0.3) is 22.3 Å². The summed E-state index contributed by atoms with van der Waals surface area (Å²) in [6, 6.07) is 27.7. The van der Waals surface area contributed by atoms with Crippen LogP contribution in [0.5, 0.6) is 0 Å². The number of hydrogen-bond acceptors (Lipinski definition) is 8. The predicted octanol–water partition coefficient (Wildman–Crippen LogP) is 5.00. The quantitative estimate of drug-likeness (QED) is 0.377. The van der Waals surface area contributed by atoms with Crippen LogP contribution in [0.4, 0.5) is 5.69 Å². The Hall–Kier alpha value is -5.29. The van der Waals surface area contributed by atoms with Gasteiger partial charge in [0.1, 0.15) is 22.9 Å². The molecule has 0 radical (unpaired) electrons. The van der Waals surface area contributed by atoms with Crippen LogP contribution >= 0.6 is 0 Å². The van der Waals surface area contributed by atoms with Crippen LogP contribution in [0.2, 0.25) is 0 Å². The highest BCUT2D eigenvalue weighted by molar-refractivity contribution is 6.06. The maximum atomic E-state index is 13.2. The lowest BCUT2D eigenvalue weighted by atomic mass is 9.81. The molecule has 0 spiro atoms.